The maximum absolute atomic E-state index is 5.68. The standard InChI is InChI=1S/C13H18O2/c1-5-7-11-8-6-9-12(10-11)15-13(2,3)14-4/h5-10H,1-4H3. The molecule has 0 N–H and O–H groups in total. The van der Waals surface area contributed by atoms with E-state index in [4.69, 9.17) is 9.47 Å². The van der Waals surface area contributed by atoms with Crippen molar-refractivity contribution >= 4 is 6.08 Å². The highest BCUT2D eigenvalue weighted by molar-refractivity contribution is 5.51. The number of rotatable bonds is 4. The number of allylic oxidation sites excluding steroid dienone is 1. The maximum Gasteiger partial charge on any atom is 0.204 e. The minimum absolute atomic E-state index is 0.589. The third kappa shape index (κ3) is 3.76. The number of methoxy groups -OCH3 is 1. The van der Waals surface area contributed by atoms with Gasteiger partial charge in [-0.05, 0) is 24.6 Å². The Labute approximate surface area is 91.5 Å². The van der Waals surface area contributed by atoms with E-state index in [0.717, 1.165) is 11.3 Å². The highest BCUT2D eigenvalue weighted by Gasteiger charge is 2.17. The molecule has 0 radical (unpaired) electrons. The largest absolute Gasteiger partial charge is 0.463 e. The van der Waals surface area contributed by atoms with E-state index in [1.165, 1.54) is 0 Å². The van der Waals surface area contributed by atoms with Gasteiger partial charge >= 0.3 is 0 Å². The molecule has 1 rings (SSSR count). The van der Waals surface area contributed by atoms with E-state index in [0.29, 0.717) is 0 Å². The van der Waals surface area contributed by atoms with Crippen molar-refractivity contribution in [2.24, 2.45) is 0 Å². The van der Waals surface area contributed by atoms with Gasteiger partial charge in [0.2, 0.25) is 5.79 Å². The fraction of sp³-hybridized carbons (Fsp3) is 0.385. The topological polar surface area (TPSA) is 18.5 Å². The Bertz CT molecular complexity index is 340. The van der Waals surface area contributed by atoms with Crippen LogP contribution >= 0.6 is 0 Å². The van der Waals surface area contributed by atoms with Crippen molar-refractivity contribution < 1.29 is 9.47 Å². The average molecular weight is 206 g/mol. The van der Waals surface area contributed by atoms with E-state index >= 15 is 0 Å². The van der Waals surface area contributed by atoms with Crippen LogP contribution in [0.15, 0.2) is 30.3 Å². The molecule has 2 heteroatoms. The molecule has 0 unspecified atom stereocenters. The van der Waals surface area contributed by atoms with Crippen molar-refractivity contribution in [3.05, 3.63) is 35.9 Å². The minimum atomic E-state index is -0.589. The second-order valence-corrected chi connectivity index (χ2v) is 3.78. The van der Waals surface area contributed by atoms with Crippen molar-refractivity contribution in [2.45, 2.75) is 26.6 Å². The fourth-order valence-corrected chi connectivity index (χ4v) is 1.20. The van der Waals surface area contributed by atoms with Gasteiger partial charge in [0, 0.05) is 21.0 Å². The van der Waals surface area contributed by atoms with E-state index in [2.05, 4.69) is 0 Å². The zero-order valence-electron chi connectivity index (χ0n) is 9.78. The van der Waals surface area contributed by atoms with Crippen LogP contribution in [0.1, 0.15) is 26.3 Å². The Balaban J connectivity index is 2.82. The van der Waals surface area contributed by atoms with E-state index in [-0.39, 0.29) is 0 Å². The third-order valence-corrected chi connectivity index (χ3v) is 2.07. The molecule has 0 saturated carbocycles. The van der Waals surface area contributed by atoms with Crippen LogP contribution in [0.3, 0.4) is 0 Å². The molecule has 0 amide bonds. The highest BCUT2D eigenvalue weighted by atomic mass is 16.7. The smallest absolute Gasteiger partial charge is 0.204 e. The van der Waals surface area contributed by atoms with Gasteiger partial charge in [0.1, 0.15) is 5.75 Å². The Hall–Kier alpha value is -1.28. The van der Waals surface area contributed by atoms with E-state index in [9.17, 15) is 0 Å². The molecule has 0 fully saturated rings. The van der Waals surface area contributed by atoms with Crippen molar-refractivity contribution in [3.63, 3.8) is 0 Å². The average Bonchev–Trinajstić information content (AvgIpc) is 2.18. The summed E-state index contributed by atoms with van der Waals surface area (Å²) in [5, 5.41) is 0. The molecule has 0 aliphatic carbocycles. The SMILES string of the molecule is CC=Cc1cccc(OC(C)(C)OC)c1. The Morgan fingerprint density at radius 2 is 2.00 bits per heavy atom. The summed E-state index contributed by atoms with van der Waals surface area (Å²) in [6.45, 7) is 5.76. The van der Waals surface area contributed by atoms with Crippen LogP contribution < -0.4 is 4.74 Å². The molecule has 0 aliphatic heterocycles. The second-order valence-electron chi connectivity index (χ2n) is 3.78. The maximum atomic E-state index is 5.68. The van der Waals surface area contributed by atoms with Gasteiger partial charge in [0.25, 0.3) is 0 Å². The van der Waals surface area contributed by atoms with Crippen LogP contribution in [0.25, 0.3) is 6.08 Å². The molecule has 0 bridgehead atoms. The first-order chi connectivity index (χ1) is 7.07. The molecular formula is C13H18O2. The Kier molecular flexibility index (Phi) is 3.92. The summed E-state index contributed by atoms with van der Waals surface area (Å²) in [5.41, 5.74) is 1.13. The molecule has 82 valence electrons. The summed E-state index contributed by atoms with van der Waals surface area (Å²) < 4.78 is 10.9. The lowest BCUT2D eigenvalue weighted by atomic mass is 10.2. The highest BCUT2D eigenvalue weighted by Crippen LogP contribution is 2.20. The molecule has 0 heterocycles. The second kappa shape index (κ2) is 4.99. The van der Waals surface area contributed by atoms with Crippen molar-refractivity contribution in [3.8, 4) is 5.75 Å². The molecule has 0 atom stereocenters. The first-order valence-electron chi connectivity index (χ1n) is 5.04. The van der Waals surface area contributed by atoms with Crippen LogP contribution in [0.2, 0.25) is 0 Å². The van der Waals surface area contributed by atoms with E-state index in [1.54, 1.807) is 7.11 Å². The third-order valence-electron chi connectivity index (χ3n) is 2.07. The monoisotopic (exact) mass is 206 g/mol. The predicted molar refractivity (Wildman–Crippen MR) is 62.9 cm³/mol. The van der Waals surface area contributed by atoms with Crippen LogP contribution in [0, 0.1) is 0 Å². The van der Waals surface area contributed by atoms with Crippen LogP contribution in [-0.4, -0.2) is 12.9 Å². The molecular weight excluding hydrogens is 188 g/mol. The fourth-order valence-electron chi connectivity index (χ4n) is 1.20. The first-order valence-corrected chi connectivity index (χ1v) is 5.04. The van der Waals surface area contributed by atoms with Crippen molar-refractivity contribution in [1.82, 2.24) is 0 Å². The van der Waals surface area contributed by atoms with Crippen molar-refractivity contribution in [2.75, 3.05) is 7.11 Å². The molecule has 1 aromatic carbocycles. The summed E-state index contributed by atoms with van der Waals surface area (Å²) >= 11 is 0. The number of hydrogen-bond acceptors (Lipinski definition) is 2. The summed E-state index contributed by atoms with van der Waals surface area (Å²) in [4.78, 5) is 0. The zero-order valence-corrected chi connectivity index (χ0v) is 9.78. The molecule has 1 aromatic rings. The van der Waals surface area contributed by atoms with Gasteiger partial charge in [-0.3, -0.25) is 0 Å². The molecule has 2 nitrogen and oxygen atoms in total. The molecule has 0 aromatic heterocycles. The zero-order chi connectivity index (χ0) is 11.3. The predicted octanol–water partition coefficient (Wildman–Crippen LogP) is 3.48. The minimum Gasteiger partial charge on any atom is -0.463 e. The molecule has 0 saturated heterocycles. The van der Waals surface area contributed by atoms with Gasteiger partial charge in [0.05, 0.1) is 0 Å². The Morgan fingerprint density at radius 1 is 1.27 bits per heavy atom. The Morgan fingerprint density at radius 3 is 2.60 bits per heavy atom. The molecule has 15 heavy (non-hydrogen) atoms. The van der Waals surface area contributed by atoms with Crippen LogP contribution in [0.4, 0.5) is 0 Å². The quantitative estimate of drug-likeness (QED) is 0.702. The van der Waals surface area contributed by atoms with Gasteiger partial charge < -0.3 is 9.47 Å². The lowest BCUT2D eigenvalue weighted by Crippen LogP contribution is -2.30. The first kappa shape index (κ1) is 11.8. The number of hydrogen-bond donors (Lipinski definition) is 0. The summed E-state index contributed by atoms with van der Waals surface area (Å²) in [6.07, 6.45) is 4.03. The summed E-state index contributed by atoms with van der Waals surface area (Å²) in [7, 11) is 1.63. The molecule has 0 aliphatic rings. The summed E-state index contributed by atoms with van der Waals surface area (Å²) in [6, 6.07) is 7.91. The van der Waals surface area contributed by atoms with Gasteiger partial charge in [-0.15, -0.1) is 0 Å². The molecule has 0 spiro atoms. The van der Waals surface area contributed by atoms with Gasteiger partial charge in [-0.1, -0.05) is 24.3 Å². The van der Waals surface area contributed by atoms with Crippen LogP contribution in [0.5, 0.6) is 5.75 Å². The lowest BCUT2D eigenvalue weighted by molar-refractivity contribution is -0.134. The lowest BCUT2D eigenvalue weighted by Gasteiger charge is -2.24. The van der Waals surface area contributed by atoms with Crippen molar-refractivity contribution in [1.29, 1.82) is 0 Å². The summed E-state index contributed by atoms with van der Waals surface area (Å²) in [5.74, 6) is 0.228. The van der Waals surface area contributed by atoms with Gasteiger partial charge in [-0.25, -0.2) is 0 Å². The van der Waals surface area contributed by atoms with Gasteiger partial charge in [0.15, 0.2) is 0 Å². The van der Waals surface area contributed by atoms with Crippen LogP contribution in [-0.2, 0) is 4.74 Å². The number of ether oxygens (including phenoxy) is 2. The number of benzene rings is 1. The van der Waals surface area contributed by atoms with E-state index < -0.39 is 5.79 Å². The normalized spacial score (nSPS) is 12.0. The van der Waals surface area contributed by atoms with E-state index in [1.807, 2.05) is 57.2 Å². The van der Waals surface area contributed by atoms with Gasteiger partial charge in [-0.2, -0.15) is 0 Å².